The average Bonchev–Trinajstić information content (AvgIpc) is 2.91. The molecule has 0 bridgehead atoms. The van der Waals surface area contributed by atoms with Crippen LogP contribution in [0, 0.1) is 0 Å². The number of ether oxygens (including phenoxy) is 1. The fraction of sp³-hybridized carbons (Fsp3) is 0.600. The molecule has 1 aromatic rings. The summed E-state index contributed by atoms with van der Waals surface area (Å²) < 4.78 is 5.88. The van der Waals surface area contributed by atoms with Gasteiger partial charge in [-0.1, -0.05) is 29.3 Å². The van der Waals surface area contributed by atoms with E-state index in [-0.39, 0.29) is 6.04 Å². The van der Waals surface area contributed by atoms with Crippen LogP contribution in [0.3, 0.4) is 0 Å². The van der Waals surface area contributed by atoms with Crippen molar-refractivity contribution in [2.24, 2.45) is 5.73 Å². The molecule has 3 rings (SSSR count). The van der Waals surface area contributed by atoms with E-state index >= 15 is 0 Å². The van der Waals surface area contributed by atoms with E-state index in [0.29, 0.717) is 28.7 Å². The minimum Gasteiger partial charge on any atom is -0.375 e. The standard InChI is InChI=1S/C15H20Cl2N2O/c16-10-4-5-11(12(17)8-10)14(9-18)19-6-7-20-15-3-1-2-13(15)19/h4-5,8,13-15H,1-3,6-7,9,18H2. The third-order valence-corrected chi connectivity index (χ3v) is 5.03. The Balaban J connectivity index is 1.88. The van der Waals surface area contributed by atoms with Crippen LogP contribution in [0.1, 0.15) is 30.9 Å². The predicted molar refractivity (Wildman–Crippen MR) is 82.3 cm³/mol. The van der Waals surface area contributed by atoms with E-state index in [1.165, 1.54) is 12.8 Å². The van der Waals surface area contributed by atoms with Gasteiger partial charge in [-0.25, -0.2) is 0 Å². The highest BCUT2D eigenvalue weighted by Gasteiger charge is 2.39. The van der Waals surface area contributed by atoms with Crippen molar-refractivity contribution in [2.75, 3.05) is 19.7 Å². The van der Waals surface area contributed by atoms with Crippen molar-refractivity contribution in [3.63, 3.8) is 0 Å². The molecule has 2 aliphatic rings. The summed E-state index contributed by atoms with van der Waals surface area (Å²) in [7, 11) is 0. The quantitative estimate of drug-likeness (QED) is 0.930. The van der Waals surface area contributed by atoms with Gasteiger partial charge < -0.3 is 10.5 Å². The number of nitrogens with zero attached hydrogens (tertiary/aromatic N) is 1. The summed E-state index contributed by atoms with van der Waals surface area (Å²) in [6.45, 7) is 2.26. The maximum atomic E-state index is 6.37. The number of rotatable bonds is 3. The third-order valence-electron chi connectivity index (χ3n) is 4.47. The molecule has 1 aromatic carbocycles. The molecule has 2 fully saturated rings. The lowest BCUT2D eigenvalue weighted by Gasteiger charge is -2.42. The molecule has 0 amide bonds. The first-order chi connectivity index (χ1) is 9.70. The lowest BCUT2D eigenvalue weighted by molar-refractivity contribution is -0.0711. The van der Waals surface area contributed by atoms with Crippen LogP contribution in [0.4, 0.5) is 0 Å². The Morgan fingerprint density at radius 2 is 2.20 bits per heavy atom. The van der Waals surface area contributed by atoms with E-state index in [0.717, 1.165) is 25.1 Å². The maximum absolute atomic E-state index is 6.37. The number of benzene rings is 1. The Morgan fingerprint density at radius 1 is 1.35 bits per heavy atom. The van der Waals surface area contributed by atoms with Gasteiger partial charge in [-0.2, -0.15) is 0 Å². The Hall–Kier alpha value is -0.320. The van der Waals surface area contributed by atoms with E-state index in [1.807, 2.05) is 12.1 Å². The molecule has 1 heterocycles. The zero-order valence-corrected chi connectivity index (χ0v) is 12.9. The fourth-order valence-electron chi connectivity index (χ4n) is 3.56. The van der Waals surface area contributed by atoms with E-state index < -0.39 is 0 Å². The van der Waals surface area contributed by atoms with Gasteiger partial charge in [0.1, 0.15) is 0 Å². The minimum absolute atomic E-state index is 0.147. The SMILES string of the molecule is NCC(c1ccc(Cl)cc1Cl)N1CCOC2CCCC21. The highest BCUT2D eigenvalue weighted by atomic mass is 35.5. The van der Waals surface area contributed by atoms with E-state index in [9.17, 15) is 0 Å². The van der Waals surface area contributed by atoms with E-state index in [1.54, 1.807) is 6.07 Å². The summed E-state index contributed by atoms with van der Waals surface area (Å²) in [6.07, 6.45) is 3.94. The van der Waals surface area contributed by atoms with Gasteiger partial charge in [-0.15, -0.1) is 0 Å². The van der Waals surface area contributed by atoms with Crippen molar-refractivity contribution >= 4 is 23.2 Å². The Bertz CT molecular complexity index is 483. The van der Waals surface area contributed by atoms with Gasteiger partial charge >= 0.3 is 0 Å². The van der Waals surface area contributed by atoms with Gasteiger partial charge in [0, 0.05) is 35.2 Å². The van der Waals surface area contributed by atoms with Gasteiger partial charge in [-0.05, 0) is 37.0 Å². The van der Waals surface area contributed by atoms with Gasteiger partial charge in [0.25, 0.3) is 0 Å². The number of nitrogens with two attached hydrogens (primary N) is 1. The second kappa shape index (κ2) is 6.20. The molecule has 3 unspecified atom stereocenters. The predicted octanol–water partition coefficient (Wildman–Crippen LogP) is 3.25. The summed E-state index contributed by atoms with van der Waals surface area (Å²) in [5, 5.41) is 1.37. The molecule has 1 saturated carbocycles. The number of hydrogen-bond acceptors (Lipinski definition) is 3. The summed E-state index contributed by atoms with van der Waals surface area (Å²) in [5.74, 6) is 0. The van der Waals surface area contributed by atoms with Crippen LogP contribution in [0.25, 0.3) is 0 Å². The van der Waals surface area contributed by atoms with Crippen molar-refractivity contribution in [1.29, 1.82) is 0 Å². The molecule has 3 atom stereocenters. The van der Waals surface area contributed by atoms with Crippen molar-refractivity contribution in [3.8, 4) is 0 Å². The second-order valence-electron chi connectivity index (χ2n) is 5.56. The molecule has 0 aromatic heterocycles. The molecular formula is C15H20Cl2N2O. The first kappa shape index (κ1) is 14.6. The largest absolute Gasteiger partial charge is 0.375 e. The summed E-state index contributed by atoms with van der Waals surface area (Å²) in [6, 6.07) is 6.31. The zero-order chi connectivity index (χ0) is 14.1. The van der Waals surface area contributed by atoms with E-state index in [4.69, 9.17) is 33.7 Å². The summed E-state index contributed by atoms with van der Waals surface area (Å²) in [5.41, 5.74) is 7.13. The third kappa shape index (κ3) is 2.70. The van der Waals surface area contributed by atoms with Gasteiger partial charge in [0.05, 0.1) is 12.7 Å². The van der Waals surface area contributed by atoms with Crippen LogP contribution < -0.4 is 5.73 Å². The molecule has 5 heteroatoms. The molecule has 1 aliphatic carbocycles. The Kier molecular flexibility index (Phi) is 4.53. The second-order valence-corrected chi connectivity index (χ2v) is 6.41. The first-order valence-corrected chi connectivity index (χ1v) is 7.98. The van der Waals surface area contributed by atoms with Gasteiger partial charge in [-0.3, -0.25) is 4.90 Å². The first-order valence-electron chi connectivity index (χ1n) is 7.23. The molecule has 20 heavy (non-hydrogen) atoms. The Labute approximate surface area is 130 Å². The maximum Gasteiger partial charge on any atom is 0.0731 e. The number of morpholine rings is 1. The number of fused-ring (bicyclic) bond motifs is 1. The summed E-state index contributed by atoms with van der Waals surface area (Å²) in [4.78, 5) is 2.48. The molecule has 0 radical (unpaired) electrons. The fourth-order valence-corrected chi connectivity index (χ4v) is 4.09. The van der Waals surface area contributed by atoms with Crippen LogP contribution in [0.15, 0.2) is 18.2 Å². The minimum atomic E-state index is 0.147. The molecular weight excluding hydrogens is 295 g/mol. The highest BCUT2D eigenvalue weighted by molar-refractivity contribution is 6.35. The molecule has 0 spiro atoms. The van der Waals surface area contributed by atoms with Crippen LogP contribution in [-0.4, -0.2) is 36.7 Å². The average molecular weight is 315 g/mol. The van der Waals surface area contributed by atoms with Crippen molar-refractivity contribution < 1.29 is 4.74 Å². The van der Waals surface area contributed by atoms with Gasteiger partial charge in [0.2, 0.25) is 0 Å². The van der Waals surface area contributed by atoms with Crippen molar-refractivity contribution in [3.05, 3.63) is 33.8 Å². The van der Waals surface area contributed by atoms with Crippen molar-refractivity contribution in [1.82, 2.24) is 4.90 Å². The van der Waals surface area contributed by atoms with Crippen LogP contribution >= 0.6 is 23.2 Å². The van der Waals surface area contributed by atoms with Gasteiger partial charge in [0.15, 0.2) is 0 Å². The lowest BCUT2D eigenvalue weighted by Crippen LogP contribution is -2.51. The highest BCUT2D eigenvalue weighted by Crippen LogP contribution is 2.37. The van der Waals surface area contributed by atoms with Crippen LogP contribution in [0.2, 0.25) is 10.0 Å². The summed E-state index contributed by atoms with van der Waals surface area (Å²) >= 11 is 12.4. The zero-order valence-electron chi connectivity index (χ0n) is 11.4. The normalized spacial score (nSPS) is 28.4. The Morgan fingerprint density at radius 3 is 2.95 bits per heavy atom. The monoisotopic (exact) mass is 314 g/mol. The lowest BCUT2D eigenvalue weighted by atomic mass is 10.0. The van der Waals surface area contributed by atoms with Crippen LogP contribution in [-0.2, 0) is 4.74 Å². The molecule has 1 saturated heterocycles. The molecule has 1 aliphatic heterocycles. The number of hydrogen-bond donors (Lipinski definition) is 1. The topological polar surface area (TPSA) is 38.5 Å². The van der Waals surface area contributed by atoms with Crippen LogP contribution in [0.5, 0.6) is 0 Å². The molecule has 110 valence electrons. The van der Waals surface area contributed by atoms with Crippen molar-refractivity contribution in [2.45, 2.75) is 37.5 Å². The number of halogens is 2. The molecule has 2 N–H and O–H groups in total. The van der Waals surface area contributed by atoms with E-state index in [2.05, 4.69) is 4.90 Å². The molecule has 3 nitrogen and oxygen atoms in total. The smallest absolute Gasteiger partial charge is 0.0731 e.